The van der Waals surface area contributed by atoms with Crippen LogP contribution in [0.15, 0.2) is 48.7 Å². The van der Waals surface area contributed by atoms with Gasteiger partial charge in [-0.25, -0.2) is 4.98 Å². The Bertz CT molecular complexity index is 1260. The molecular weight excluding hydrogens is 478 g/mol. The first kappa shape index (κ1) is 25.2. The first-order chi connectivity index (χ1) is 17.5. The third-order valence-corrected chi connectivity index (χ3v) is 5.99. The zero-order valence-corrected chi connectivity index (χ0v) is 20.8. The molecule has 0 saturated heterocycles. The number of carbonyl (C=O) groups excluding carboxylic acids is 1. The van der Waals surface area contributed by atoms with Crippen molar-refractivity contribution in [1.82, 2.24) is 20.2 Å². The number of fused-ring (bicyclic) bond motifs is 11. The van der Waals surface area contributed by atoms with E-state index in [4.69, 9.17) is 16.3 Å². The topological polar surface area (TPSA) is 115 Å². The Morgan fingerprint density at radius 2 is 2.06 bits per heavy atom. The summed E-state index contributed by atoms with van der Waals surface area (Å²) in [6.45, 7) is 5.21. The second kappa shape index (κ2) is 12.2. The molecular formula is C26H28ClN7O2. The van der Waals surface area contributed by atoms with Crippen molar-refractivity contribution in [3.8, 4) is 11.8 Å². The molecule has 1 amide bonds. The number of halogens is 1. The van der Waals surface area contributed by atoms with Gasteiger partial charge in [0.2, 0.25) is 11.9 Å². The van der Waals surface area contributed by atoms with E-state index in [-0.39, 0.29) is 5.91 Å². The Morgan fingerprint density at radius 1 is 1.19 bits per heavy atom. The van der Waals surface area contributed by atoms with E-state index in [1.165, 1.54) is 6.20 Å². The lowest BCUT2D eigenvalue weighted by Crippen LogP contribution is -2.31. The zero-order valence-electron chi connectivity index (χ0n) is 20.1. The molecule has 0 atom stereocenters. The number of nitrogens with one attached hydrogen (secondary N) is 3. The maximum absolute atomic E-state index is 12.3. The molecule has 0 spiro atoms. The van der Waals surface area contributed by atoms with Crippen molar-refractivity contribution >= 4 is 40.6 Å². The smallest absolute Gasteiger partial charge is 0.229 e. The number of aromatic nitrogens is 2. The standard InChI is InChI=1S/C26H28ClN7O2/c1-2-34-11-9-24(35)29-10-4-12-36-23-8-7-21(14-22(23)27)32-26-30-16-19(15-28)25(33-26)31-20-6-3-5-18(13-20)17-34/h3,5-8,13-14,16H,2,4,9-12,17H2,1H3,(H,29,35)(H2,30,31,32,33). The Kier molecular flexibility index (Phi) is 8.55. The fourth-order valence-electron chi connectivity index (χ4n) is 3.77. The first-order valence-electron chi connectivity index (χ1n) is 11.9. The van der Waals surface area contributed by atoms with Crippen molar-refractivity contribution in [3.05, 3.63) is 64.8 Å². The van der Waals surface area contributed by atoms with Gasteiger partial charge in [0.05, 0.1) is 17.8 Å². The second-order valence-corrected chi connectivity index (χ2v) is 8.74. The number of hydrogen-bond donors (Lipinski definition) is 3. The number of hydrogen-bond acceptors (Lipinski definition) is 8. The number of nitriles is 1. The van der Waals surface area contributed by atoms with Crippen LogP contribution in [0.3, 0.4) is 0 Å². The SMILES string of the molecule is CCN1CCC(=O)NCCCOc2ccc(cc2Cl)Nc2ncc(C#N)c(n2)Nc2cccc(c2)C1. The van der Waals surface area contributed by atoms with Gasteiger partial charge in [0.15, 0.2) is 5.82 Å². The summed E-state index contributed by atoms with van der Waals surface area (Å²) in [5, 5.41) is 19.3. The van der Waals surface area contributed by atoms with E-state index in [1.807, 2.05) is 30.3 Å². The summed E-state index contributed by atoms with van der Waals surface area (Å²) in [6.07, 6.45) is 2.56. The van der Waals surface area contributed by atoms with Crippen LogP contribution in [0.2, 0.25) is 5.02 Å². The van der Waals surface area contributed by atoms with E-state index in [0.29, 0.717) is 72.9 Å². The molecule has 3 N–H and O–H groups in total. The molecule has 36 heavy (non-hydrogen) atoms. The molecule has 0 unspecified atom stereocenters. The maximum Gasteiger partial charge on any atom is 0.229 e. The average molecular weight is 506 g/mol. The van der Waals surface area contributed by atoms with Gasteiger partial charge in [-0.3, -0.25) is 9.69 Å². The molecule has 2 aliphatic heterocycles. The molecule has 186 valence electrons. The molecule has 2 aliphatic rings. The van der Waals surface area contributed by atoms with Gasteiger partial charge >= 0.3 is 0 Å². The lowest BCUT2D eigenvalue weighted by Gasteiger charge is -2.21. The van der Waals surface area contributed by atoms with Gasteiger partial charge in [-0.1, -0.05) is 30.7 Å². The fourth-order valence-corrected chi connectivity index (χ4v) is 4.00. The summed E-state index contributed by atoms with van der Waals surface area (Å²) in [5.41, 5.74) is 2.89. The highest BCUT2D eigenvalue weighted by molar-refractivity contribution is 6.32. The number of nitrogens with zero attached hydrogens (tertiary/aromatic N) is 4. The number of rotatable bonds is 1. The molecule has 2 aromatic carbocycles. The molecule has 9 nitrogen and oxygen atoms in total. The molecule has 3 heterocycles. The third-order valence-electron chi connectivity index (χ3n) is 5.70. The molecule has 0 aliphatic carbocycles. The van der Waals surface area contributed by atoms with E-state index in [9.17, 15) is 10.1 Å². The molecule has 1 aromatic heterocycles. The van der Waals surface area contributed by atoms with Crippen LogP contribution in [-0.2, 0) is 11.3 Å². The predicted molar refractivity (Wildman–Crippen MR) is 140 cm³/mol. The number of benzene rings is 2. The summed E-state index contributed by atoms with van der Waals surface area (Å²) in [6, 6.07) is 15.4. The summed E-state index contributed by atoms with van der Waals surface area (Å²) in [5.74, 6) is 1.29. The largest absolute Gasteiger partial charge is 0.492 e. The number of amides is 1. The summed E-state index contributed by atoms with van der Waals surface area (Å²) in [4.78, 5) is 23.3. The fraction of sp³-hybridized carbons (Fsp3) is 0.308. The van der Waals surface area contributed by atoms with Gasteiger partial charge in [0.1, 0.15) is 17.4 Å². The highest BCUT2D eigenvalue weighted by Crippen LogP contribution is 2.29. The molecule has 0 radical (unpaired) electrons. The average Bonchev–Trinajstić information content (AvgIpc) is 2.87. The van der Waals surface area contributed by atoms with Crippen LogP contribution < -0.4 is 20.7 Å². The lowest BCUT2D eigenvalue weighted by atomic mass is 10.1. The summed E-state index contributed by atoms with van der Waals surface area (Å²) < 4.78 is 5.77. The Labute approximate surface area is 215 Å². The van der Waals surface area contributed by atoms with Gasteiger partial charge in [0.25, 0.3) is 0 Å². The minimum Gasteiger partial charge on any atom is -0.492 e. The van der Waals surface area contributed by atoms with Crippen molar-refractivity contribution in [1.29, 1.82) is 5.26 Å². The third kappa shape index (κ3) is 6.84. The maximum atomic E-state index is 12.3. The zero-order chi connectivity index (χ0) is 25.3. The molecule has 0 fully saturated rings. The number of carbonyl (C=O) groups is 1. The van der Waals surface area contributed by atoms with Crippen molar-refractivity contribution < 1.29 is 9.53 Å². The minimum absolute atomic E-state index is 0.0167. The van der Waals surface area contributed by atoms with Crippen molar-refractivity contribution in [2.24, 2.45) is 0 Å². The minimum atomic E-state index is 0.0167. The Hall–Kier alpha value is -3.87. The van der Waals surface area contributed by atoms with Crippen LogP contribution in [0.4, 0.5) is 23.1 Å². The highest BCUT2D eigenvalue weighted by Gasteiger charge is 2.12. The lowest BCUT2D eigenvalue weighted by molar-refractivity contribution is -0.121. The first-order valence-corrected chi connectivity index (χ1v) is 12.2. The molecule has 10 heteroatoms. The molecule has 5 rings (SSSR count). The number of anilines is 4. The van der Waals surface area contributed by atoms with E-state index in [0.717, 1.165) is 17.8 Å². The normalized spacial score (nSPS) is 15.2. The van der Waals surface area contributed by atoms with Crippen LogP contribution >= 0.6 is 11.6 Å². The van der Waals surface area contributed by atoms with Gasteiger partial charge in [-0.05, 0) is 48.9 Å². The summed E-state index contributed by atoms with van der Waals surface area (Å²) in [7, 11) is 0. The van der Waals surface area contributed by atoms with Gasteiger partial charge in [-0.2, -0.15) is 10.2 Å². The monoisotopic (exact) mass is 505 g/mol. The van der Waals surface area contributed by atoms with Crippen LogP contribution in [0.5, 0.6) is 5.75 Å². The second-order valence-electron chi connectivity index (χ2n) is 8.33. The van der Waals surface area contributed by atoms with Crippen LogP contribution in [0.1, 0.15) is 30.9 Å². The Morgan fingerprint density at radius 3 is 2.86 bits per heavy atom. The Balaban J connectivity index is 1.62. The van der Waals surface area contributed by atoms with E-state index < -0.39 is 0 Å². The molecule has 3 aromatic rings. The van der Waals surface area contributed by atoms with Crippen molar-refractivity contribution in [2.75, 3.05) is 36.9 Å². The van der Waals surface area contributed by atoms with Crippen molar-refractivity contribution in [2.45, 2.75) is 26.3 Å². The highest BCUT2D eigenvalue weighted by atomic mass is 35.5. The van der Waals surface area contributed by atoms with Gasteiger partial charge in [-0.15, -0.1) is 0 Å². The van der Waals surface area contributed by atoms with Crippen LogP contribution in [-0.4, -0.2) is 47.0 Å². The molecule has 0 saturated carbocycles. The van der Waals surface area contributed by atoms with Crippen LogP contribution in [0.25, 0.3) is 0 Å². The van der Waals surface area contributed by atoms with E-state index in [2.05, 4.69) is 43.8 Å². The quantitative estimate of drug-likeness (QED) is 0.439. The summed E-state index contributed by atoms with van der Waals surface area (Å²) >= 11 is 6.40. The van der Waals surface area contributed by atoms with Gasteiger partial charge in [0, 0.05) is 37.4 Å². The molecule has 6 bridgehead atoms. The van der Waals surface area contributed by atoms with Crippen LogP contribution in [0, 0.1) is 11.3 Å². The van der Waals surface area contributed by atoms with Gasteiger partial charge < -0.3 is 20.7 Å². The number of ether oxygens (including phenoxy) is 1. The van der Waals surface area contributed by atoms with E-state index >= 15 is 0 Å². The van der Waals surface area contributed by atoms with E-state index in [1.54, 1.807) is 12.1 Å². The predicted octanol–water partition coefficient (Wildman–Crippen LogP) is 4.60. The van der Waals surface area contributed by atoms with Crippen molar-refractivity contribution in [3.63, 3.8) is 0 Å².